The van der Waals surface area contributed by atoms with E-state index in [2.05, 4.69) is 22.9 Å². The molecule has 1 aromatic carbocycles. The van der Waals surface area contributed by atoms with Crippen LogP contribution in [0.1, 0.15) is 30.1 Å². The van der Waals surface area contributed by atoms with Gasteiger partial charge < -0.3 is 4.90 Å². The maximum atomic E-state index is 11.8. The lowest BCUT2D eigenvalue weighted by Crippen LogP contribution is -2.30. The van der Waals surface area contributed by atoms with E-state index in [0.29, 0.717) is 12.1 Å². The van der Waals surface area contributed by atoms with Crippen LogP contribution in [0, 0.1) is 0 Å². The summed E-state index contributed by atoms with van der Waals surface area (Å²) < 4.78 is 0.806. The number of hydrogen-bond donors (Lipinski definition) is 0. The zero-order valence-electron chi connectivity index (χ0n) is 9.00. The average Bonchev–Trinajstić information content (AvgIpc) is 2.52. The molecule has 1 amide bonds. The van der Waals surface area contributed by atoms with Crippen LogP contribution in [0.15, 0.2) is 22.7 Å². The van der Waals surface area contributed by atoms with Crippen LogP contribution in [-0.2, 0) is 4.79 Å². The van der Waals surface area contributed by atoms with Gasteiger partial charge in [0.1, 0.15) is 0 Å². The summed E-state index contributed by atoms with van der Waals surface area (Å²) in [5.74, 6) is -0.803. The number of hydrogen-bond acceptors (Lipinski definition) is 2. The number of anilines is 1. The Bertz CT molecular complexity index is 456. The molecule has 0 radical (unpaired) electrons. The zero-order chi connectivity index (χ0) is 11.7. The van der Waals surface area contributed by atoms with Crippen LogP contribution in [0.5, 0.6) is 0 Å². The fourth-order valence-electron chi connectivity index (χ4n) is 1.84. The molecule has 0 aliphatic carbocycles. The number of carbonyl (C=O) groups excluding carboxylic acids is 2. The van der Waals surface area contributed by atoms with E-state index in [1.165, 1.54) is 0 Å². The predicted octanol–water partition coefficient (Wildman–Crippen LogP) is 2.78. The number of para-hydroxylation sites is 1. The van der Waals surface area contributed by atoms with Gasteiger partial charge in [-0.3, -0.25) is 9.59 Å². The van der Waals surface area contributed by atoms with E-state index in [9.17, 15) is 9.59 Å². The number of nitrogens with zero attached hydrogens (tertiary/aromatic N) is 1. The molecule has 1 aromatic rings. The number of amides is 1. The minimum absolute atomic E-state index is 0.396. The van der Waals surface area contributed by atoms with E-state index >= 15 is 0 Å². The van der Waals surface area contributed by atoms with Crippen LogP contribution in [0.25, 0.3) is 0 Å². The highest BCUT2D eigenvalue weighted by Crippen LogP contribution is 2.35. The highest BCUT2D eigenvalue weighted by Gasteiger charge is 2.36. The number of unbranched alkanes of at least 4 members (excludes halogenated alkanes) is 1. The summed E-state index contributed by atoms with van der Waals surface area (Å²) in [6, 6.07) is 5.33. The fraction of sp³-hybridized carbons (Fsp3) is 0.333. The van der Waals surface area contributed by atoms with Crippen molar-refractivity contribution < 1.29 is 9.59 Å². The Morgan fingerprint density at radius 1 is 1.31 bits per heavy atom. The molecule has 0 saturated heterocycles. The molecule has 2 rings (SSSR count). The summed E-state index contributed by atoms with van der Waals surface area (Å²) in [7, 11) is 0. The third-order valence-corrected chi connectivity index (χ3v) is 3.32. The van der Waals surface area contributed by atoms with Crippen molar-refractivity contribution in [1.82, 2.24) is 0 Å². The third kappa shape index (κ3) is 1.67. The number of rotatable bonds is 3. The number of halogens is 1. The van der Waals surface area contributed by atoms with E-state index < -0.39 is 11.7 Å². The van der Waals surface area contributed by atoms with Crippen LogP contribution in [0.2, 0.25) is 0 Å². The van der Waals surface area contributed by atoms with Gasteiger partial charge in [0.05, 0.1) is 11.3 Å². The summed E-state index contributed by atoms with van der Waals surface area (Å²) in [4.78, 5) is 25.1. The summed E-state index contributed by atoms with van der Waals surface area (Å²) in [6.45, 7) is 2.67. The molecule has 0 atom stereocenters. The Labute approximate surface area is 103 Å². The van der Waals surface area contributed by atoms with Gasteiger partial charge in [0.15, 0.2) is 0 Å². The average molecular weight is 282 g/mol. The lowest BCUT2D eigenvalue weighted by Gasteiger charge is -2.16. The molecule has 1 aliphatic heterocycles. The van der Waals surface area contributed by atoms with E-state index in [-0.39, 0.29) is 0 Å². The predicted molar refractivity (Wildman–Crippen MR) is 65.7 cm³/mol. The van der Waals surface area contributed by atoms with Gasteiger partial charge in [0.2, 0.25) is 0 Å². The SMILES string of the molecule is CCCCN1C(=O)C(=O)c2cccc(Br)c21. The largest absolute Gasteiger partial charge is 0.304 e. The van der Waals surface area contributed by atoms with Crippen molar-refractivity contribution >= 4 is 33.3 Å². The number of Topliss-reactive ketones (excluding diaryl/α,β-unsaturated/α-hetero) is 1. The van der Waals surface area contributed by atoms with Crippen molar-refractivity contribution in [2.24, 2.45) is 0 Å². The Morgan fingerprint density at radius 3 is 2.75 bits per heavy atom. The van der Waals surface area contributed by atoms with Crippen molar-refractivity contribution in [3.8, 4) is 0 Å². The van der Waals surface area contributed by atoms with Gasteiger partial charge >= 0.3 is 0 Å². The Balaban J connectivity index is 2.43. The molecule has 1 heterocycles. The molecule has 84 valence electrons. The maximum absolute atomic E-state index is 11.8. The third-order valence-electron chi connectivity index (χ3n) is 2.68. The zero-order valence-corrected chi connectivity index (χ0v) is 10.6. The van der Waals surface area contributed by atoms with Crippen LogP contribution < -0.4 is 4.90 Å². The van der Waals surface area contributed by atoms with Crippen LogP contribution in [0.4, 0.5) is 5.69 Å². The van der Waals surface area contributed by atoms with E-state index in [4.69, 9.17) is 0 Å². The van der Waals surface area contributed by atoms with Gasteiger partial charge in [-0.25, -0.2) is 0 Å². The van der Waals surface area contributed by atoms with Crippen molar-refractivity contribution in [3.05, 3.63) is 28.2 Å². The number of fused-ring (bicyclic) bond motifs is 1. The van der Waals surface area contributed by atoms with Crippen molar-refractivity contribution in [2.75, 3.05) is 11.4 Å². The molecule has 0 N–H and O–H groups in total. The first kappa shape index (κ1) is 11.3. The second kappa shape index (κ2) is 4.37. The van der Waals surface area contributed by atoms with Gasteiger partial charge in [-0.1, -0.05) is 19.4 Å². The molecule has 0 saturated carbocycles. The van der Waals surface area contributed by atoms with Crippen molar-refractivity contribution in [2.45, 2.75) is 19.8 Å². The normalized spacial score (nSPS) is 14.5. The van der Waals surface area contributed by atoms with Crippen LogP contribution in [0.3, 0.4) is 0 Å². The number of carbonyl (C=O) groups is 2. The molecule has 16 heavy (non-hydrogen) atoms. The minimum atomic E-state index is -0.407. The fourth-order valence-corrected chi connectivity index (χ4v) is 2.42. The van der Waals surface area contributed by atoms with Gasteiger partial charge in [0.25, 0.3) is 11.7 Å². The monoisotopic (exact) mass is 281 g/mol. The minimum Gasteiger partial charge on any atom is -0.304 e. The molecule has 0 bridgehead atoms. The molecule has 0 spiro atoms. The smallest absolute Gasteiger partial charge is 0.299 e. The molecule has 3 nitrogen and oxygen atoms in total. The standard InChI is InChI=1S/C12H12BrNO2/c1-2-3-7-14-10-8(11(15)12(14)16)5-4-6-9(10)13/h4-6H,2-3,7H2,1H3. The summed E-state index contributed by atoms with van der Waals surface area (Å²) in [5.41, 5.74) is 1.24. The van der Waals surface area contributed by atoms with Gasteiger partial charge in [-0.15, -0.1) is 0 Å². The Hall–Kier alpha value is -1.16. The lowest BCUT2D eigenvalue weighted by atomic mass is 10.1. The maximum Gasteiger partial charge on any atom is 0.299 e. The quantitative estimate of drug-likeness (QED) is 0.799. The lowest BCUT2D eigenvalue weighted by molar-refractivity contribution is -0.114. The Morgan fingerprint density at radius 2 is 2.06 bits per heavy atom. The first-order valence-corrected chi connectivity index (χ1v) is 6.10. The molecule has 1 aliphatic rings. The van der Waals surface area contributed by atoms with Crippen LogP contribution in [-0.4, -0.2) is 18.2 Å². The van der Waals surface area contributed by atoms with Crippen LogP contribution >= 0.6 is 15.9 Å². The topological polar surface area (TPSA) is 37.4 Å². The second-order valence-corrected chi connectivity index (χ2v) is 4.63. The molecular formula is C12H12BrNO2. The Kier molecular flexibility index (Phi) is 3.10. The van der Waals surface area contributed by atoms with Crippen molar-refractivity contribution in [1.29, 1.82) is 0 Å². The summed E-state index contributed by atoms with van der Waals surface area (Å²) in [6.07, 6.45) is 1.90. The first-order valence-electron chi connectivity index (χ1n) is 5.31. The van der Waals surface area contributed by atoms with E-state index in [1.54, 1.807) is 17.0 Å². The molecule has 0 fully saturated rings. The summed E-state index contributed by atoms with van der Waals surface area (Å²) in [5, 5.41) is 0. The van der Waals surface area contributed by atoms with Gasteiger partial charge in [-0.05, 0) is 34.5 Å². The first-order chi connectivity index (χ1) is 7.66. The highest BCUT2D eigenvalue weighted by molar-refractivity contribution is 9.10. The van der Waals surface area contributed by atoms with Crippen molar-refractivity contribution in [3.63, 3.8) is 0 Å². The van der Waals surface area contributed by atoms with E-state index in [1.807, 2.05) is 6.07 Å². The number of benzene rings is 1. The summed E-state index contributed by atoms with van der Waals surface area (Å²) >= 11 is 3.39. The molecular weight excluding hydrogens is 270 g/mol. The molecule has 0 unspecified atom stereocenters. The second-order valence-electron chi connectivity index (χ2n) is 3.78. The molecule has 0 aromatic heterocycles. The number of ketones is 1. The van der Waals surface area contributed by atoms with E-state index in [0.717, 1.165) is 23.0 Å². The highest BCUT2D eigenvalue weighted by atomic mass is 79.9. The van der Waals surface area contributed by atoms with Gasteiger partial charge in [0, 0.05) is 11.0 Å². The molecule has 4 heteroatoms. The van der Waals surface area contributed by atoms with Gasteiger partial charge in [-0.2, -0.15) is 0 Å².